The molecule has 11 heteroatoms. The van der Waals surface area contributed by atoms with Crippen molar-refractivity contribution in [3.8, 4) is 22.5 Å². The highest BCUT2D eigenvalue weighted by Gasteiger charge is 2.40. The minimum absolute atomic E-state index is 0.0271. The Morgan fingerprint density at radius 3 is 2.42 bits per heavy atom. The molecule has 5 aromatic rings. The molecule has 2 N–H and O–H groups in total. The minimum atomic E-state index is -0.846. The van der Waals surface area contributed by atoms with Crippen LogP contribution in [0.1, 0.15) is 82.2 Å². The average Bonchev–Trinajstić information content (AvgIpc) is 3.69. The van der Waals surface area contributed by atoms with E-state index in [4.69, 9.17) is 9.26 Å². The Morgan fingerprint density at radius 2 is 1.80 bits per heavy atom. The number of aromatic nitrogens is 6. The van der Waals surface area contributed by atoms with Crippen LogP contribution in [-0.4, -0.2) is 52.7 Å². The van der Waals surface area contributed by atoms with Gasteiger partial charge in [-0.15, -0.1) is 0 Å². The number of ether oxygens (including phenoxy) is 1. The van der Waals surface area contributed by atoms with Crippen LogP contribution in [0, 0.1) is 0 Å². The number of aryl methyl sites for hydroxylation is 1. The Kier molecular flexibility index (Phi) is 8.32. The van der Waals surface area contributed by atoms with Gasteiger partial charge in [0.2, 0.25) is 5.78 Å². The molecule has 11 nitrogen and oxygen atoms in total. The van der Waals surface area contributed by atoms with Crippen LogP contribution < -0.4 is 11.3 Å². The first-order valence-electron chi connectivity index (χ1n) is 15.6. The first-order chi connectivity index (χ1) is 21.6. The van der Waals surface area contributed by atoms with Gasteiger partial charge >= 0.3 is 5.76 Å². The van der Waals surface area contributed by atoms with Crippen molar-refractivity contribution in [3.63, 3.8) is 0 Å². The summed E-state index contributed by atoms with van der Waals surface area (Å²) < 4.78 is 14.4. The highest BCUT2D eigenvalue weighted by atomic mass is 16.5. The summed E-state index contributed by atoms with van der Waals surface area (Å²) in [5.41, 5.74) is 3.93. The van der Waals surface area contributed by atoms with Gasteiger partial charge in [0.25, 0.3) is 5.56 Å². The van der Waals surface area contributed by atoms with E-state index < -0.39 is 17.0 Å². The van der Waals surface area contributed by atoms with Gasteiger partial charge in [0, 0.05) is 37.1 Å². The van der Waals surface area contributed by atoms with Crippen molar-refractivity contribution in [3.05, 3.63) is 92.6 Å². The first kappa shape index (κ1) is 30.7. The van der Waals surface area contributed by atoms with Crippen molar-refractivity contribution in [1.82, 2.24) is 29.3 Å². The molecule has 0 amide bonds. The quantitative estimate of drug-likeness (QED) is 0.222. The standard InChI is InChI=1S/C34H40N6O5/c1-5-8-28-27(19-22-11-13-23(14-12-22)25-9-6-7-10-26(25)29-37-32(42)45-38-29)30(41)39(31-35-21-36-40(28)31)24-15-17-34(44-4,18-16-24)20-33(2,3)43/h6-7,9-14,21,24,43H,5,8,15-20H2,1-4H3,(H,37,38,42). The topological polar surface area (TPSA) is 141 Å². The zero-order valence-electron chi connectivity index (χ0n) is 26.2. The Hall–Kier alpha value is -4.35. The molecule has 0 atom stereocenters. The van der Waals surface area contributed by atoms with Gasteiger partial charge in [-0.3, -0.25) is 18.9 Å². The van der Waals surface area contributed by atoms with Crippen molar-refractivity contribution < 1.29 is 14.4 Å². The van der Waals surface area contributed by atoms with Crippen molar-refractivity contribution >= 4 is 5.78 Å². The second-order valence-corrected chi connectivity index (χ2v) is 12.8. The van der Waals surface area contributed by atoms with Crippen molar-refractivity contribution in [2.75, 3.05) is 7.11 Å². The second-order valence-electron chi connectivity index (χ2n) is 12.8. The largest absolute Gasteiger partial charge is 0.439 e. The van der Waals surface area contributed by atoms with Gasteiger partial charge < -0.3 is 9.84 Å². The Labute approximate surface area is 260 Å². The zero-order chi connectivity index (χ0) is 31.8. The molecule has 2 aromatic carbocycles. The van der Waals surface area contributed by atoms with Crippen LogP contribution >= 0.6 is 0 Å². The van der Waals surface area contributed by atoms with Crippen LogP contribution in [0.15, 0.2) is 69.0 Å². The number of fused-ring (bicyclic) bond motifs is 1. The lowest BCUT2D eigenvalue weighted by Crippen LogP contribution is -2.44. The Morgan fingerprint density at radius 1 is 1.09 bits per heavy atom. The fraction of sp³-hybridized carbons (Fsp3) is 0.441. The zero-order valence-corrected chi connectivity index (χ0v) is 26.2. The van der Waals surface area contributed by atoms with E-state index in [1.807, 2.05) is 71.5 Å². The van der Waals surface area contributed by atoms with Crippen molar-refractivity contribution in [2.24, 2.45) is 0 Å². The summed E-state index contributed by atoms with van der Waals surface area (Å²) in [5.74, 6) is 0.340. The predicted molar refractivity (Wildman–Crippen MR) is 170 cm³/mol. The molecule has 0 radical (unpaired) electrons. The van der Waals surface area contributed by atoms with Gasteiger partial charge in [-0.1, -0.05) is 67.0 Å². The maximum atomic E-state index is 14.4. The van der Waals surface area contributed by atoms with Gasteiger partial charge in [-0.2, -0.15) is 10.1 Å². The Bertz CT molecular complexity index is 1900. The number of rotatable bonds is 10. The lowest BCUT2D eigenvalue weighted by Gasteiger charge is -2.42. The SMILES string of the molecule is CCCc1c(Cc2ccc(-c3ccccc3-c3noc(=O)[nH]3)cc2)c(=O)n(C2CCC(CC(C)(C)O)(OC)CC2)c2ncnn12. The molecule has 0 spiro atoms. The molecule has 1 saturated carbocycles. The molecule has 3 heterocycles. The molecule has 0 bridgehead atoms. The molecule has 0 aliphatic heterocycles. The van der Waals surface area contributed by atoms with Gasteiger partial charge in [-0.05, 0) is 62.6 Å². The number of hydrogen-bond acceptors (Lipinski definition) is 8. The predicted octanol–water partition coefficient (Wildman–Crippen LogP) is 5.11. The molecule has 3 aromatic heterocycles. The minimum Gasteiger partial charge on any atom is -0.390 e. The molecule has 0 unspecified atom stereocenters. The van der Waals surface area contributed by atoms with E-state index in [0.717, 1.165) is 65.6 Å². The van der Waals surface area contributed by atoms with Crippen molar-refractivity contribution in [2.45, 2.75) is 89.4 Å². The van der Waals surface area contributed by atoms with E-state index in [0.29, 0.717) is 30.9 Å². The van der Waals surface area contributed by atoms with E-state index in [2.05, 4.69) is 27.1 Å². The number of aliphatic hydroxyl groups is 1. The number of methoxy groups -OCH3 is 1. The summed E-state index contributed by atoms with van der Waals surface area (Å²) in [6, 6.07) is 15.7. The number of H-pyrrole nitrogens is 1. The van der Waals surface area contributed by atoms with Crippen LogP contribution in [0.3, 0.4) is 0 Å². The van der Waals surface area contributed by atoms with Gasteiger partial charge in [0.1, 0.15) is 6.33 Å². The molecule has 1 fully saturated rings. The Balaban J connectivity index is 1.34. The van der Waals surface area contributed by atoms with Crippen LogP contribution in [0.2, 0.25) is 0 Å². The first-order valence-corrected chi connectivity index (χ1v) is 15.6. The van der Waals surface area contributed by atoms with E-state index >= 15 is 0 Å². The molecule has 0 saturated heterocycles. The summed E-state index contributed by atoms with van der Waals surface area (Å²) in [4.78, 5) is 33.2. The van der Waals surface area contributed by atoms with Crippen molar-refractivity contribution in [1.29, 1.82) is 0 Å². The van der Waals surface area contributed by atoms with Crippen LogP contribution in [0.4, 0.5) is 0 Å². The molecule has 236 valence electrons. The van der Waals surface area contributed by atoms with Gasteiger partial charge in [0.15, 0.2) is 5.82 Å². The normalized spacial score (nSPS) is 18.9. The average molecular weight is 613 g/mol. The number of nitrogens with one attached hydrogen (secondary N) is 1. The maximum absolute atomic E-state index is 14.4. The summed E-state index contributed by atoms with van der Waals surface area (Å²) in [6.07, 6.45) is 7.04. The summed E-state index contributed by atoms with van der Waals surface area (Å²) >= 11 is 0. The summed E-state index contributed by atoms with van der Waals surface area (Å²) in [7, 11) is 1.71. The molecular formula is C34H40N6O5. The second kappa shape index (κ2) is 12.2. The number of benzene rings is 2. The van der Waals surface area contributed by atoms with Crippen LogP contribution in [0.25, 0.3) is 28.3 Å². The monoisotopic (exact) mass is 612 g/mol. The van der Waals surface area contributed by atoms with E-state index in [1.54, 1.807) is 7.11 Å². The number of nitrogens with zero attached hydrogens (tertiary/aromatic N) is 5. The van der Waals surface area contributed by atoms with Gasteiger partial charge in [-0.25, -0.2) is 9.31 Å². The number of hydrogen-bond donors (Lipinski definition) is 2. The fourth-order valence-corrected chi connectivity index (χ4v) is 7.00. The van der Waals surface area contributed by atoms with E-state index in [-0.39, 0.29) is 11.6 Å². The maximum Gasteiger partial charge on any atom is 0.439 e. The van der Waals surface area contributed by atoms with Crippen LogP contribution in [0.5, 0.6) is 0 Å². The lowest BCUT2D eigenvalue weighted by molar-refractivity contribution is -0.0977. The van der Waals surface area contributed by atoms with E-state index in [1.165, 1.54) is 6.33 Å². The summed E-state index contributed by atoms with van der Waals surface area (Å²) in [5, 5.41) is 19.0. The number of aromatic amines is 1. The van der Waals surface area contributed by atoms with Gasteiger partial charge in [0.05, 0.1) is 16.9 Å². The highest BCUT2D eigenvalue weighted by molar-refractivity contribution is 5.80. The van der Waals surface area contributed by atoms with Crippen LogP contribution in [-0.2, 0) is 17.6 Å². The fourth-order valence-electron chi connectivity index (χ4n) is 7.00. The molecule has 1 aliphatic carbocycles. The summed E-state index contributed by atoms with van der Waals surface area (Å²) in [6.45, 7) is 5.72. The lowest BCUT2D eigenvalue weighted by atomic mass is 9.76. The molecule has 45 heavy (non-hydrogen) atoms. The third-order valence-electron chi connectivity index (χ3n) is 9.00. The third kappa shape index (κ3) is 6.14. The molecular weight excluding hydrogens is 572 g/mol. The third-order valence-corrected chi connectivity index (χ3v) is 9.00. The smallest absolute Gasteiger partial charge is 0.390 e. The van der Waals surface area contributed by atoms with E-state index in [9.17, 15) is 14.7 Å². The molecule has 6 rings (SSSR count). The molecule has 1 aliphatic rings. The highest BCUT2D eigenvalue weighted by Crippen LogP contribution is 2.41.